The van der Waals surface area contributed by atoms with Gasteiger partial charge in [-0.15, -0.1) is 9.42 Å². The van der Waals surface area contributed by atoms with Gasteiger partial charge in [0.2, 0.25) is 5.95 Å². The SMILES string of the molecule is CC(C)CNc1nc2c(ncn2[C@@H]2O[C@H](COP(=O)(OCCC#N)O[C@@H]3[C@@H]4O[Si](C(C)C)(C(C)C)O[Si](C(C)C)(C(C)C)OC[C@H]4O[C@H]3n3cc(F)c4c(=O)[nH]cnc43)[C@@H](O[P+](=O)O)[C@H]2F)c(=O)[nH]1. The van der Waals surface area contributed by atoms with Gasteiger partial charge in [0.05, 0.1) is 45.0 Å². The van der Waals surface area contributed by atoms with Gasteiger partial charge in [0.1, 0.15) is 29.8 Å². The molecule has 380 valence electrons. The first-order valence-electron chi connectivity index (χ1n) is 22.7. The number of imidazole rings is 1. The Bertz CT molecular complexity index is 2680. The molecule has 3 aliphatic heterocycles. The van der Waals surface area contributed by atoms with Gasteiger partial charge in [0, 0.05) is 17.3 Å². The highest BCUT2D eigenvalue weighted by Crippen LogP contribution is 2.57. The van der Waals surface area contributed by atoms with E-state index in [2.05, 4.69) is 30.2 Å². The van der Waals surface area contributed by atoms with Crippen molar-refractivity contribution in [2.75, 3.05) is 31.7 Å². The fourth-order valence-electron chi connectivity index (χ4n) is 9.10. The molecule has 29 heteroatoms. The molecule has 0 aromatic carbocycles. The van der Waals surface area contributed by atoms with Crippen LogP contribution in [0.5, 0.6) is 0 Å². The van der Waals surface area contributed by atoms with Gasteiger partial charge < -0.3 is 37.3 Å². The van der Waals surface area contributed by atoms with E-state index in [9.17, 15) is 24.3 Å². The topological polar surface area (TPSA) is 288 Å². The van der Waals surface area contributed by atoms with Crippen LogP contribution in [0.25, 0.3) is 22.2 Å². The third-order valence-electron chi connectivity index (χ3n) is 12.4. The summed E-state index contributed by atoms with van der Waals surface area (Å²) < 4.78 is 120. The zero-order valence-corrected chi connectivity index (χ0v) is 43.7. The molecular weight excluding hydrogens is 987 g/mol. The van der Waals surface area contributed by atoms with E-state index in [1.807, 2.05) is 75.3 Å². The van der Waals surface area contributed by atoms with Crippen LogP contribution >= 0.6 is 16.1 Å². The van der Waals surface area contributed by atoms with E-state index in [1.54, 1.807) is 0 Å². The molecule has 0 saturated carbocycles. The molecule has 4 N–H and O–H groups in total. The Morgan fingerprint density at radius 2 is 1.68 bits per heavy atom. The number of alkyl halides is 1. The third-order valence-corrected chi connectivity index (χ3v) is 24.6. The van der Waals surface area contributed by atoms with Crippen LogP contribution in [-0.2, 0) is 49.7 Å². The maximum atomic E-state index is 16.6. The summed E-state index contributed by atoms with van der Waals surface area (Å²) in [4.78, 5) is 53.5. The number of fused-ring (bicyclic) bond motifs is 3. The summed E-state index contributed by atoms with van der Waals surface area (Å²) in [6, 6.07) is 1.89. The lowest BCUT2D eigenvalue weighted by Gasteiger charge is -2.51. The molecule has 0 spiro atoms. The molecule has 3 aliphatic rings. The van der Waals surface area contributed by atoms with Gasteiger partial charge in [-0.1, -0.05) is 69.2 Å². The Labute approximate surface area is 398 Å². The van der Waals surface area contributed by atoms with Crippen molar-refractivity contribution in [3.05, 3.63) is 45.4 Å². The molecule has 0 amide bonds. The van der Waals surface area contributed by atoms with Crippen LogP contribution in [0.1, 0.15) is 88.1 Å². The number of hydrogen-bond acceptors (Lipinski definition) is 18. The molecule has 3 saturated heterocycles. The molecule has 0 aliphatic carbocycles. The second-order valence-electron chi connectivity index (χ2n) is 18.8. The van der Waals surface area contributed by atoms with Gasteiger partial charge in [0.25, 0.3) is 11.1 Å². The molecule has 0 radical (unpaired) electrons. The number of phosphoric ester groups is 1. The second-order valence-corrected chi connectivity index (χ2v) is 30.0. The normalized spacial score (nSPS) is 27.1. The summed E-state index contributed by atoms with van der Waals surface area (Å²) >= 11 is 0. The number of nitrogens with zero attached hydrogens (tertiary/aromatic N) is 6. The maximum absolute atomic E-state index is 16.6. The molecule has 4 aromatic heterocycles. The van der Waals surface area contributed by atoms with Gasteiger partial charge in [-0.05, 0) is 28.1 Å². The number of halogens is 2. The predicted molar refractivity (Wildman–Crippen MR) is 248 cm³/mol. The Balaban J connectivity index is 1.28. The average molecular weight is 1050 g/mol. The van der Waals surface area contributed by atoms with E-state index in [1.165, 1.54) is 4.57 Å². The number of nitrogens with one attached hydrogen (secondary N) is 3. The van der Waals surface area contributed by atoms with Crippen LogP contribution in [0.3, 0.4) is 0 Å². The van der Waals surface area contributed by atoms with Crippen molar-refractivity contribution in [2.45, 2.75) is 147 Å². The van der Waals surface area contributed by atoms with Crippen LogP contribution in [-0.4, -0.2) is 119 Å². The minimum atomic E-state index is -5.08. The smallest absolute Gasteiger partial charge is 0.414 e. The largest absolute Gasteiger partial charge is 0.695 e. The first-order chi connectivity index (χ1) is 32.6. The molecule has 4 aromatic rings. The first kappa shape index (κ1) is 53.1. The van der Waals surface area contributed by atoms with Crippen LogP contribution in [0.2, 0.25) is 22.2 Å². The summed E-state index contributed by atoms with van der Waals surface area (Å²) in [5, 5.41) is 12.1. The molecule has 2 unspecified atom stereocenters. The minimum Gasteiger partial charge on any atom is -0.414 e. The number of hydrogen-bond donors (Lipinski definition) is 4. The van der Waals surface area contributed by atoms with Crippen molar-refractivity contribution in [1.82, 2.24) is 34.1 Å². The van der Waals surface area contributed by atoms with Crippen molar-refractivity contribution in [2.24, 2.45) is 5.92 Å². The number of aromatic amines is 2. The van der Waals surface area contributed by atoms with Crippen LogP contribution in [0, 0.1) is 23.1 Å². The summed E-state index contributed by atoms with van der Waals surface area (Å²) in [6.45, 7) is 18.8. The zero-order valence-electron chi connectivity index (χ0n) is 39.9. The fourth-order valence-corrected chi connectivity index (χ4v) is 22.1. The molecule has 69 heavy (non-hydrogen) atoms. The average Bonchev–Trinajstić information content (AvgIpc) is 4.01. The Morgan fingerprint density at radius 3 is 2.32 bits per heavy atom. The molecule has 3 fully saturated rings. The molecule has 0 bridgehead atoms. The van der Waals surface area contributed by atoms with Crippen molar-refractivity contribution in [1.29, 1.82) is 5.26 Å². The van der Waals surface area contributed by atoms with E-state index in [-0.39, 0.29) is 63.9 Å². The van der Waals surface area contributed by atoms with E-state index < -0.39 is 118 Å². The number of H-pyrrole nitrogens is 2. The lowest BCUT2D eigenvalue weighted by Crippen LogP contribution is -2.65. The minimum absolute atomic E-state index is 0.0550. The van der Waals surface area contributed by atoms with Crippen molar-refractivity contribution < 1.29 is 63.3 Å². The van der Waals surface area contributed by atoms with Gasteiger partial charge >= 0.3 is 33.2 Å². The molecule has 7 rings (SSSR count). The number of nitriles is 1. The van der Waals surface area contributed by atoms with Crippen molar-refractivity contribution >= 4 is 61.3 Å². The van der Waals surface area contributed by atoms with Crippen molar-refractivity contribution in [3.8, 4) is 6.07 Å². The highest BCUT2D eigenvalue weighted by atomic mass is 31.2. The highest BCUT2D eigenvalue weighted by molar-refractivity contribution is 7.48. The van der Waals surface area contributed by atoms with Crippen LogP contribution in [0.4, 0.5) is 14.7 Å². The standard InChI is InChI=1S/C40H59F2N9O14P2Si2/c1-20(2)14-44-40-48-35-30(37(53)49-40)47-19-51(35)38-29(42)31(62-66(54)55)26(60-38)16-58-67(56,57-13-11-12-43)63-33-32-27(61-39(33)50-15-25(41)28-34(50)45-18-46-36(28)52)17-59-68(21(3)4,22(5)6)65-69(64-32,23(7)8)24(9)10/h15,18-24,26-27,29,31-33,38-39H,11,13-14,16-17H2,1-10H3,(H3-,44,45,46,48,49,52,53,54,55)/p+1/t26-,27-,29-,31-,32-,33-,38-,39-,67?/m1/s1. The first-order valence-corrected chi connectivity index (χ1v) is 29.3. The Kier molecular flexibility index (Phi) is 16.3. The fraction of sp³-hybridized carbons (Fsp3) is 0.700. The van der Waals surface area contributed by atoms with E-state index in [4.69, 9.17) is 40.5 Å². The summed E-state index contributed by atoms with van der Waals surface area (Å²) in [6.07, 6.45) is -9.79. The van der Waals surface area contributed by atoms with Crippen LogP contribution in [0.15, 0.2) is 28.4 Å². The highest BCUT2D eigenvalue weighted by Gasteiger charge is 2.63. The second kappa shape index (κ2) is 21.2. The predicted octanol–water partition coefficient (Wildman–Crippen LogP) is 6.63. The van der Waals surface area contributed by atoms with Crippen LogP contribution < -0.4 is 16.4 Å². The lowest BCUT2D eigenvalue weighted by atomic mass is 10.1. The van der Waals surface area contributed by atoms with Gasteiger partial charge in [0.15, 0.2) is 47.4 Å². The third kappa shape index (κ3) is 10.5. The number of rotatable bonds is 19. The number of phosphoric acid groups is 1. The zero-order chi connectivity index (χ0) is 50.3. The lowest BCUT2D eigenvalue weighted by molar-refractivity contribution is -0.0618. The Morgan fingerprint density at radius 1 is 0.986 bits per heavy atom. The van der Waals surface area contributed by atoms with Gasteiger partial charge in [-0.3, -0.25) is 32.7 Å². The molecular formula is C40H60F2N9O14P2Si2+. The number of anilines is 1. The van der Waals surface area contributed by atoms with Gasteiger partial charge in [-0.25, -0.2) is 23.3 Å². The monoisotopic (exact) mass is 1050 g/mol. The summed E-state index contributed by atoms with van der Waals surface area (Å²) in [5.74, 6) is -0.718. The van der Waals surface area contributed by atoms with E-state index in [0.29, 0.717) is 6.54 Å². The maximum Gasteiger partial charge on any atom is 0.695 e. The molecule has 7 heterocycles. The quantitative estimate of drug-likeness (QED) is 0.0435. The molecule has 10 atom stereocenters. The summed E-state index contributed by atoms with van der Waals surface area (Å²) in [5.41, 5.74) is -2.38. The van der Waals surface area contributed by atoms with Crippen molar-refractivity contribution in [3.63, 3.8) is 0 Å². The Hall–Kier alpha value is -3.72. The van der Waals surface area contributed by atoms with E-state index >= 15 is 13.3 Å². The van der Waals surface area contributed by atoms with E-state index in [0.717, 1.165) is 23.4 Å². The van der Waals surface area contributed by atoms with Gasteiger partial charge in [-0.2, -0.15) is 10.2 Å². The number of aromatic nitrogens is 7. The number of ether oxygens (including phenoxy) is 2. The molecule has 23 nitrogen and oxygen atoms in total. The summed E-state index contributed by atoms with van der Waals surface area (Å²) in [7, 11) is -15.2.